The Bertz CT molecular complexity index is 905. The molecule has 10 nitrogen and oxygen atoms in total. The molecule has 0 heterocycles. The average molecular weight is 521 g/mol. The summed E-state index contributed by atoms with van der Waals surface area (Å²) in [6, 6.07) is 2.28. The highest BCUT2D eigenvalue weighted by Gasteiger charge is 2.32. The number of hydrogen-bond acceptors (Lipinski definition) is 6. The Morgan fingerprint density at radius 2 is 1.32 bits per heavy atom. The maximum Gasteiger partial charge on any atom is 0.326 e. The van der Waals surface area contributed by atoms with Crippen LogP contribution in [0.15, 0.2) is 24.3 Å². The van der Waals surface area contributed by atoms with Crippen LogP contribution in [0.25, 0.3) is 0 Å². The molecule has 1 aromatic rings. The summed E-state index contributed by atoms with van der Waals surface area (Å²) < 4.78 is 0. The number of phenols is 1. The van der Waals surface area contributed by atoms with Crippen molar-refractivity contribution in [2.24, 2.45) is 23.5 Å². The maximum atomic E-state index is 13.4. The van der Waals surface area contributed by atoms with E-state index in [0.717, 1.165) is 0 Å². The molecular formula is C27H44N4O6. The number of amides is 3. The number of carboxylic acids is 1. The number of benzene rings is 1. The van der Waals surface area contributed by atoms with Crippen LogP contribution in [0.2, 0.25) is 0 Å². The predicted molar refractivity (Wildman–Crippen MR) is 142 cm³/mol. The van der Waals surface area contributed by atoms with Gasteiger partial charge in [-0.3, -0.25) is 14.4 Å². The van der Waals surface area contributed by atoms with Gasteiger partial charge in [0.2, 0.25) is 17.7 Å². The van der Waals surface area contributed by atoms with Crippen LogP contribution >= 0.6 is 0 Å². The van der Waals surface area contributed by atoms with Crippen molar-refractivity contribution in [2.75, 3.05) is 0 Å². The first-order valence-corrected chi connectivity index (χ1v) is 13.0. The molecule has 37 heavy (non-hydrogen) atoms. The van der Waals surface area contributed by atoms with E-state index < -0.39 is 47.9 Å². The highest BCUT2D eigenvalue weighted by atomic mass is 16.4. The van der Waals surface area contributed by atoms with Crippen molar-refractivity contribution < 1.29 is 29.4 Å². The van der Waals surface area contributed by atoms with Crippen molar-refractivity contribution in [3.05, 3.63) is 29.8 Å². The summed E-state index contributed by atoms with van der Waals surface area (Å²) in [5.74, 6) is -3.14. The Labute approximate surface area is 219 Å². The Morgan fingerprint density at radius 3 is 1.81 bits per heavy atom. The number of carboxylic acid groups (broad SMARTS) is 1. The van der Waals surface area contributed by atoms with E-state index in [0.29, 0.717) is 18.4 Å². The number of rotatable bonds is 15. The maximum absolute atomic E-state index is 13.4. The lowest BCUT2D eigenvalue weighted by atomic mass is 9.96. The molecule has 208 valence electrons. The third-order valence-corrected chi connectivity index (χ3v) is 6.69. The van der Waals surface area contributed by atoms with Crippen molar-refractivity contribution in [1.82, 2.24) is 16.0 Å². The van der Waals surface area contributed by atoms with Gasteiger partial charge >= 0.3 is 5.97 Å². The van der Waals surface area contributed by atoms with Crippen molar-refractivity contribution >= 4 is 23.7 Å². The molecule has 0 aromatic heterocycles. The minimum atomic E-state index is -1.14. The first-order valence-electron chi connectivity index (χ1n) is 13.0. The van der Waals surface area contributed by atoms with Crippen LogP contribution in [0.1, 0.15) is 66.4 Å². The molecule has 0 fully saturated rings. The Kier molecular flexibility index (Phi) is 13.1. The first-order chi connectivity index (χ1) is 17.3. The quantitative estimate of drug-likeness (QED) is 0.205. The smallest absolute Gasteiger partial charge is 0.326 e. The summed E-state index contributed by atoms with van der Waals surface area (Å²) >= 11 is 0. The van der Waals surface area contributed by atoms with E-state index in [2.05, 4.69) is 16.0 Å². The standard InChI is InChI=1S/C27H44N4O6/c1-7-16(5)22(28)26(35)30-21(14-18-9-11-19(32)12-10-18)24(33)29-20(13-15(3)4)25(34)31-23(27(36)37)17(6)8-2/h9-12,15-17,20-23,32H,7-8,13-14,28H2,1-6H3,(H,29,33)(H,30,35)(H,31,34)(H,36,37). The zero-order valence-electron chi connectivity index (χ0n) is 22.8. The average Bonchev–Trinajstić information content (AvgIpc) is 2.85. The van der Waals surface area contributed by atoms with Gasteiger partial charge in [0.15, 0.2) is 0 Å². The number of carbonyl (C=O) groups excluding carboxylic acids is 3. The van der Waals surface area contributed by atoms with Crippen molar-refractivity contribution in [3.63, 3.8) is 0 Å². The van der Waals surface area contributed by atoms with E-state index in [1.807, 2.05) is 34.6 Å². The zero-order chi connectivity index (χ0) is 28.3. The van der Waals surface area contributed by atoms with E-state index in [1.165, 1.54) is 12.1 Å². The van der Waals surface area contributed by atoms with E-state index in [9.17, 15) is 29.4 Å². The minimum absolute atomic E-state index is 0.0203. The first kappa shape index (κ1) is 31.9. The van der Waals surface area contributed by atoms with Gasteiger partial charge in [0.1, 0.15) is 23.9 Å². The van der Waals surface area contributed by atoms with Crippen LogP contribution in [0, 0.1) is 17.8 Å². The van der Waals surface area contributed by atoms with Gasteiger partial charge in [-0.1, -0.05) is 66.5 Å². The molecule has 0 aliphatic rings. The zero-order valence-corrected chi connectivity index (χ0v) is 22.8. The molecule has 0 bridgehead atoms. The van der Waals surface area contributed by atoms with E-state index in [4.69, 9.17) is 5.73 Å². The van der Waals surface area contributed by atoms with Gasteiger partial charge in [0, 0.05) is 6.42 Å². The Morgan fingerprint density at radius 1 is 0.811 bits per heavy atom. The number of nitrogens with two attached hydrogens (primary N) is 1. The lowest BCUT2D eigenvalue weighted by Gasteiger charge is -2.28. The largest absolute Gasteiger partial charge is 0.508 e. The van der Waals surface area contributed by atoms with Crippen LogP contribution in [0.3, 0.4) is 0 Å². The third-order valence-electron chi connectivity index (χ3n) is 6.69. The summed E-state index contributed by atoms with van der Waals surface area (Å²) in [7, 11) is 0. The normalized spacial score (nSPS) is 16.1. The van der Waals surface area contributed by atoms with Gasteiger partial charge in [-0.15, -0.1) is 0 Å². The number of hydrogen-bond donors (Lipinski definition) is 6. The second kappa shape index (κ2) is 15.2. The Hall–Kier alpha value is -3.14. The molecule has 1 aromatic carbocycles. The van der Waals surface area contributed by atoms with E-state index >= 15 is 0 Å². The van der Waals surface area contributed by atoms with Crippen molar-refractivity contribution in [2.45, 2.75) is 91.4 Å². The molecule has 6 unspecified atom stereocenters. The summed E-state index contributed by atoms with van der Waals surface area (Å²) in [6.45, 7) is 11.1. The highest BCUT2D eigenvalue weighted by Crippen LogP contribution is 2.14. The fourth-order valence-electron chi connectivity index (χ4n) is 3.77. The summed E-state index contributed by atoms with van der Waals surface area (Å²) in [6.07, 6.45) is 1.61. The minimum Gasteiger partial charge on any atom is -0.508 e. The molecule has 10 heteroatoms. The summed E-state index contributed by atoms with van der Waals surface area (Å²) in [5, 5.41) is 27.2. The predicted octanol–water partition coefficient (Wildman–Crippen LogP) is 1.94. The number of phenolic OH excluding ortho intramolecular Hbond substituents is 1. The summed E-state index contributed by atoms with van der Waals surface area (Å²) in [5.41, 5.74) is 6.76. The second-order valence-electron chi connectivity index (χ2n) is 10.2. The van der Waals surface area contributed by atoms with Crippen LogP contribution in [-0.2, 0) is 25.6 Å². The van der Waals surface area contributed by atoms with E-state index in [-0.39, 0.29) is 36.3 Å². The number of carbonyl (C=O) groups is 4. The molecular weight excluding hydrogens is 476 g/mol. The molecule has 0 aliphatic carbocycles. The van der Waals surface area contributed by atoms with Crippen molar-refractivity contribution in [1.29, 1.82) is 0 Å². The van der Waals surface area contributed by atoms with Crippen LogP contribution in [0.4, 0.5) is 0 Å². The monoisotopic (exact) mass is 520 g/mol. The molecule has 0 spiro atoms. The molecule has 0 saturated carbocycles. The number of nitrogens with one attached hydrogen (secondary N) is 3. The number of aromatic hydroxyl groups is 1. The SMILES string of the molecule is CCC(C)C(N)C(=O)NC(Cc1ccc(O)cc1)C(=O)NC(CC(C)C)C(=O)NC(C(=O)O)C(C)CC. The second-order valence-corrected chi connectivity index (χ2v) is 10.2. The fourth-order valence-corrected chi connectivity index (χ4v) is 3.77. The van der Waals surface area contributed by atoms with Crippen LogP contribution < -0.4 is 21.7 Å². The molecule has 7 N–H and O–H groups in total. The van der Waals surface area contributed by atoms with Gasteiger partial charge < -0.3 is 31.9 Å². The van der Waals surface area contributed by atoms with Gasteiger partial charge in [-0.05, 0) is 41.9 Å². The summed E-state index contributed by atoms with van der Waals surface area (Å²) in [4.78, 5) is 51.1. The third kappa shape index (κ3) is 10.4. The van der Waals surface area contributed by atoms with E-state index in [1.54, 1.807) is 19.1 Å². The molecule has 3 amide bonds. The molecule has 0 saturated heterocycles. The molecule has 1 rings (SSSR count). The lowest BCUT2D eigenvalue weighted by molar-refractivity contribution is -0.144. The Balaban J connectivity index is 3.18. The van der Waals surface area contributed by atoms with Gasteiger partial charge in [0.05, 0.1) is 6.04 Å². The fraction of sp³-hybridized carbons (Fsp3) is 0.630. The highest BCUT2D eigenvalue weighted by molar-refractivity contribution is 5.94. The molecule has 0 aliphatic heterocycles. The van der Waals surface area contributed by atoms with Gasteiger partial charge in [0.25, 0.3) is 0 Å². The van der Waals surface area contributed by atoms with Crippen molar-refractivity contribution in [3.8, 4) is 5.75 Å². The van der Waals surface area contributed by atoms with Crippen LogP contribution in [-0.4, -0.2) is 58.1 Å². The van der Waals surface area contributed by atoms with Crippen LogP contribution in [0.5, 0.6) is 5.75 Å². The number of aliphatic carboxylic acids is 1. The molecule has 0 radical (unpaired) electrons. The van der Waals surface area contributed by atoms with Gasteiger partial charge in [-0.2, -0.15) is 0 Å². The lowest BCUT2D eigenvalue weighted by Crippen LogP contribution is -2.58. The molecule has 6 atom stereocenters. The van der Waals surface area contributed by atoms with Gasteiger partial charge in [-0.25, -0.2) is 4.79 Å². The topological polar surface area (TPSA) is 171 Å².